The molecule has 0 fully saturated rings. The Morgan fingerprint density at radius 1 is 1.13 bits per heavy atom. The quantitative estimate of drug-likeness (QED) is 0.632. The van der Waals surface area contributed by atoms with Crippen LogP contribution in [-0.2, 0) is 4.79 Å². The smallest absolute Gasteiger partial charge is 0.251 e. The topological polar surface area (TPSA) is 84.2 Å². The van der Waals surface area contributed by atoms with Crippen LogP contribution in [-0.4, -0.2) is 30.9 Å². The van der Waals surface area contributed by atoms with E-state index >= 15 is 0 Å². The van der Waals surface area contributed by atoms with Crippen molar-refractivity contribution in [1.29, 1.82) is 0 Å². The summed E-state index contributed by atoms with van der Waals surface area (Å²) < 4.78 is 0. The minimum Gasteiger partial charge on any atom is -0.354 e. The third-order valence-electron chi connectivity index (χ3n) is 3.48. The van der Waals surface area contributed by atoms with Gasteiger partial charge in [0.25, 0.3) is 5.91 Å². The first-order valence-corrected chi connectivity index (χ1v) is 7.81. The lowest BCUT2D eigenvalue weighted by Gasteiger charge is -2.21. The van der Waals surface area contributed by atoms with Crippen molar-refractivity contribution in [3.8, 4) is 0 Å². The van der Waals surface area contributed by atoms with Gasteiger partial charge in [-0.2, -0.15) is 0 Å². The number of amides is 2. The Balaban J connectivity index is 0.00000484. The van der Waals surface area contributed by atoms with Gasteiger partial charge in [-0.3, -0.25) is 9.59 Å². The zero-order chi connectivity index (χ0) is 16.5. The Kier molecular flexibility index (Phi) is 10.3. The van der Waals surface area contributed by atoms with Crippen LogP contribution in [0.5, 0.6) is 0 Å². The molecular formula is C17H28ClN3O2. The van der Waals surface area contributed by atoms with E-state index in [9.17, 15) is 9.59 Å². The average molecular weight is 342 g/mol. The van der Waals surface area contributed by atoms with E-state index in [2.05, 4.69) is 10.6 Å². The van der Waals surface area contributed by atoms with Crippen LogP contribution in [0, 0.1) is 12.8 Å². The summed E-state index contributed by atoms with van der Waals surface area (Å²) in [5.74, 6) is -0.354. The highest BCUT2D eigenvalue weighted by atomic mass is 35.5. The van der Waals surface area contributed by atoms with Gasteiger partial charge in [-0.15, -0.1) is 12.4 Å². The number of aryl methyl sites for hydroxylation is 1. The van der Waals surface area contributed by atoms with Gasteiger partial charge in [0.1, 0.15) is 6.04 Å². The number of nitrogens with one attached hydrogen (secondary N) is 2. The summed E-state index contributed by atoms with van der Waals surface area (Å²) >= 11 is 0. The van der Waals surface area contributed by atoms with E-state index in [0.717, 1.165) is 18.4 Å². The molecule has 0 saturated carbocycles. The molecule has 0 spiro atoms. The van der Waals surface area contributed by atoms with Crippen LogP contribution in [0.1, 0.15) is 42.6 Å². The van der Waals surface area contributed by atoms with E-state index in [0.29, 0.717) is 18.7 Å². The normalized spacial score (nSPS) is 11.5. The second kappa shape index (κ2) is 11.0. The fraction of sp³-hybridized carbons (Fsp3) is 0.529. The molecule has 130 valence electrons. The van der Waals surface area contributed by atoms with Crippen LogP contribution in [0.25, 0.3) is 0 Å². The molecule has 2 amide bonds. The molecule has 0 heterocycles. The Labute approximate surface area is 144 Å². The maximum atomic E-state index is 12.2. The number of nitrogens with two attached hydrogens (primary N) is 1. The number of rotatable bonds is 8. The molecule has 0 aliphatic heterocycles. The van der Waals surface area contributed by atoms with Crippen LogP contribution in [0.15, 0.2) is 24.3 Å². The number of hydrogen-bond acceptors (Lipinski definition) is 3. The van der Waals surface area contributed by atoms with Crippen LogP contribution in [0.3, 0.4) is 0 Å². The van der Waals surface area contributed by atoms with Crippen molar-refractivity contribution in [3.05, 3.63) is 35.4 Å². The molecule has 1 rings (SSSR count). The fourth-order valence-electron chi connectivity index (χ4n) is 2.06. The summed E-state index contributed by atoms with van der Waals surface area (Å²) in [6.07, 6.45) is 1.72. The summed E-state index contributed by atoms with van der Waals surface area (Å²) in [7, 11) is 0. The van der Waals surface area contributed by atoms with Crippen molar-refractivity contribution >= 4 is 24.2 Å². The van der Waals surface area contributed by atoms with E-state index < -0.39 is 6.04 Å². The number of unbranched alkanes of at least 4 members (excludes halogenated alkanes) is 1. The summed E-state index contributed by atoms with van der Waals surface area (Å²) in [6, 6.07) is 6.76. The molecule has 6 heteroatoms. The lowest BCUT2D eigenvalue weighted by atomic mass is 10.0. The predicted octanol–water partition coefficient (Wildman–Crippen LogP) is 2.03. The molecule has 0 aliphatic carbocycles. The van der Waals surface area contributed by atoms with Crippen molar-refractivity contribution in [2.24, 2.45) is 11.7 Å². The van der Waals surface area contributed by atoms with Gasteiger partial charge in [-0.25, -0.2) is 0 Å². The maximum absolute atomic E-state index is 12.2. The predicted molar refractivity (Wildman–Crippen MR) is 95.8 cm³/mol. The van der Waals surface area contributed by atoms with E-state index in [1.165, 1.54) is 0 Å². The number of carbonyl (C=O) groups excluding carboxylic acids is 2. The summed E-state index contributed by atoms with van der Waals surface area (Å²) in [4.78, 5) is 24.5. The number of halogens is 1. The van der Waals surface area contributed by atoms with E-state index in [4.69, 9.17) is 5.73 Å². The Bertz CT molecular complexity index is 489. The Morgan fingerprint density at radius 2 is 1.74 bits per heavy atom. The lowest BCUT2D eigenvalue weighted by Crippen LogP contribution is -2.49. The van der Waals surface area contributed by atoms with Gasteiger partial charge in [0.05, 0.1) is 0 Å². The zero-order valence-electron chi connectivity index (χ0n) is 14.1. The highest BCUT2D eigenvalue weighted by molar-refractivity contribution is 5.97. The standard InChI is InChI=1S/C17H27N3O2.ClH/c1-12(2)15(17(22)19-11-5-4-10-18)20-16(21)14-8-6-13(3)7-9-14;/h6-9,12,15H,4-5,10-11,18H2,1-3H3,(H,19,22)(H,20,21);1H. The minimum absolute atomic E-state index is 0. The van der Waals surface area contributed by atoms with Crippen molar-refractivity contribution in [2.75, 3.05) is 13.1 Å². The van der Waals surface area contributed by atoms with Gasteiger partial charge in [0, 0.05) is 12.1 Å². The van der Waals surface area contributed by atoms with Crippen molar-refractivity contribution < 1.29 is 9.59 Å². The van der Waals surface area contributed by atoms with Crippen LogP contribution in [0.2, 0.25) is 0 Å². The third kappa shape index (κ3) is 7.48. The Hall–Kier alpha value is -1.59. The zero-order valence-corrected chi connectivity index (χ0v) is 14.9. The highest BCUT2D eigenvalue weighted by Crippen LogP contribution is 2.07. The van der Waals surface area contributed by atoms with Gasteiger partial charge >= 0.3 is 0 Å². The highest BCUT2D eigenvalue weighted by Gasteiger charge is 2.24. The summed E-state index contributed by atoms with van der Waals surface area (Å²) in [5.41, 5.74) is 7.08. The number of hydrogen-bond donors (Lipinski definition) is 3. The molecule has 1 aromatic carbocycles. The fourth-order valence-corrected chi connectivity index (χ4v) is 2.06. The summed E-state index contributed by atoms with van der Waals surface area (Å²) in [6.45, 7) is 7.00. The van der Waals surface area contributed by atoms with Crippen molar-refractivity contribution in [3.63, 3.8) is 0 Å². The summed E-state index contributed by atoms with van der Waals surface area (Å²) in [5, 5.41) is 5.67. The van der Waals surface area contributed by atoms with Gasteiger partial charge in [0.15, 0.2) is 0 Å². The maximum Gasteiger partial charge on any atom is 0.251 e. The second-order valence-corrected chi connectivity index (χ2v) is 5.85. The van der Waals surface area contributed by atoms with Gasteiger partial charge in [-0.1, -0.05) is 31.5 Å². The molecule has 0 aliphatic rings. The second-order valence-electron chi connectivity index (χ2n) is 5.85. The van der Waals surface area contributed by atoms with Crippen LogP contribution in [0.4, 0.5) is 0 Å². The molecule has 4 N–H and O–H groups in total. The number of benzene rings is 1. The first kappa shape index (κ1) is 21.4. The van der Waals surface area contributed by atoms with Gasteiger partial charge < -0.3 is 16.4 Å². The average Bonchev–Trinajstić information content (AvgIpc) is 2.49. The van der Waals surface area contributed by atoms with E-state index in [1.807, 2.05) is 32.9 Å². The van der Waals surface area contributed by atoms with Crippen molar-refractivity contribution in [1.82, 2.24) is 10.6 Å². The molecule has 0 radical (unpaired) electrons. The molecular weight excluding hydrogens is 314 g/mol. The molecule has 5 nitrogen and oxygen atoms in total. The first-order valence-electron chi connectivity index (χ1n) is 7.81. The molecule has 1 aromatic rings. The van der Waals surface area contributed by atoms with Crippen molar-refractivity contribution in [2.45, 2.75) is 39.7 Å². The monoisotopic (exact) mass is 341 g/mol. The molecule has 0 bridgehead atoms. The molecule has 0 aromatic heterocycles. The third-order valence-corrected chi connectivity index (χ3v) is 3.48. The molecule has 0 saturated heterocycles. The first-order chi connectivity index (χ1) is 10.5. The van der Waals surface area contributed by atoms with Crippen LogP contribution < -0.4 is 16.4 Å². The minimum atomic E-state index is -0.535. The molecule has 23 heavy (non-hydrogen) atoms. The molecule has 1 unspecified atom stereocenters. The Morgan fingerprint density at radius 3 is 2.26 bits per heavy atom. The van der Waals surface area contributed by atoms with E-state index in [-0.39, 0.29) is 30.1 Å². The molecule has 1 atom stereocenters. The van der Waals surface area contributed by atoms with Gasteiger partial charge in [0.2, 0.25) is 5.91 Å². The van der Waals surface area contributed by atoms with Gasteiger partial charge in [-0.05, 0) is 44.4 Å². The lowest BCUT2D eigenvalue weighted by molar-refractivity contribution is -0.123. The SMILES string of the molecule is Cc1ccc(C(=O)NC(C(=O)NCCCCN)C(C)C)cc1.Cl. The number of carbonyl (C=O) groups is 2. The largest absolute Gasteiger partial charge is 0.354 e. The van der Waals surface area contributed by atoms with E-state index in [1.54, 1.807) is 12.1 Å². The van der Waals surface area contributed by atoms with Crippen LogP contribution >= 0.6 is 12.4 Å².